The zero-order valence-corrected chi connectivity index (χ0v) is 12.1. The van der Waals surface area contributed by atoms with Crippen LogP contribution in [0.15, 0.2) is 29.8 Å². The summed E-state index contributed by atoms with van der Waals surface area (Å²) in [5.74, 6) is 0.866. The largest absolute Gasteiger partial charge is 0.497 e. The van der Waals surface area contributed by atoms with Gasteiger partial charge in [0, 0.05) is 24.5 Å². The lowest BCUT2D eigenvalue weighted by Crippen LogP contribution is -2.03. The molecule has 0 fully saturated rings. The van der Waals surface area contributed by atoms with E-state index in [4.69, 9.17) is 4.74 Å². The van der Waals surface area contributed by atoms with Crippen molar-refractivity contribution < 1.29 is 4.74 Å². The molecule has 0 aliphatic heterocycles. The number of aromatic nitrogens is 2. The first kappa shape index (κ1) is 12.4. The molecule has 6 heteroatoms. The van der Waals surface area contributed by atoms with Crippen molar-refractivity contribution in [3.63, 3.8) is 0 Å². The summed E-state index contributed by atoms with van der Waals surface area (Å²) in [7, 11) is 1.68. The minimum Gasteiger partial charge on any atom is -0.497 e. The van der Waals surface area contributed by atoms with Gasteiger partial charge in [-0.15, -0.1) is 11.3 Å². The van der Waals surface area contributed by atoms with Crippen LogP contribution in [0, 0.1) is 0 Å². The van der Waals surface area contributed by atoms with Crippen molar-refractivity contribution in [3.8, 4) is 5.75 Å². The van der Waals surface area contributed by atoms with Crippen molar-refractivity contribution in [2.75, 3.05) is 19.0 Å². The Bertz CT molecular complexity index is 664. The van der Waals surface area contributed by atoms with E-state index in [0.717, 1.165) is 39.1 Å². The third kappa shape index (κ3) is 2.85. The van der Waals surface area contributed by atoms with Gasteiger partial charge in [0.25, 0.3) is 0 Å². The highest BCUT2D eigenvalue weighted by atomic mass is 32.1. The van der Waals surface area contributed by atoms with Crippen molar-refractivity contribution in [1.29, 1.82) is 0 Å². The molecule has 2 aromatic heterocycles. The Morgan fingerprint density at radius 3 is 3.11 bits per heavy atom. The predicted octanol–water partition coefficient (Wildman–Crippen LogP) is 3.42. The van der Waals surface area contributed by atoms with E-state index in [1.165, 1.54) is 0 Å². The fourth-order valence-corrected chi connectivity index (χ4v) is 3.30. The first-order valence-corrected chi connectivity index (χ1v) is 7.61. The van der Waals surface area contributed by atoms with E-state index in [1.807, 2.05) is 29.8 Å². The first-order valence-electron chi connectivity index (χ1n) is 5.92. The number of hydrogen-bond acceptors (Lipinski definition) is 6. The van der Waals surface area contributed by atoms with Gasteiger partial charge in [-0.25, -0.2) is 9.97 Å². The van der Waals surface area contributed by atoms with Gasteiger partial charge >= 0.3 is 0 Å². The summed E-state index contributed by atoms with van der Waals surface area (Å²) in [6, 6.07) is 5.93. The minimum atomic E-state index is 0.852. The normalized spacial score (nSPS) is 10.8. The number of methoxy groups -OCH3 is 1. The Labute approximate surface area is 119 Å². The minimum absolute atomic E-state index is 0.852. The summed E-state index contributed by atoms with van der Waals surface area (Å²) in [6.45, 7) is 0.852. The lowest BCUT2D eigenvalue weighted by molar-refractivity contribution is 0.415. The zero-order valence-electron chi connectivity index (χ0n) is 10.4. The molecule has 1 aromatic carbocycles. The average Bonchev–Trinajstić information content (AvgIpc) is 3.06. The number of hydrogen-bond donors (Lipinski definition) is 1. The van der Waals surface area contributed by atoms with Crippen LogP contribution in [0.1, 0.15) is 5.01 Å². The number of fused-ring (bicyclic) bond motifs is 1. The third-order valence-electron chi connectivity index (χ3n) is 2.69. The van der Waals surface area contributed by atoms with E-state index in [2.05, 4.69) is 15.3 Å². The molecule has 0 unspecified atom stereocenters. The van der Waals surface area contributed by atoms with Crippen LogP contribution in [0.25, 0.3) is 10.2 Å². The summed E-state index contributed by atoms with van der Waals surface area (Å²) >= 11 is 3.33. The number of nitrogens with one attached hydrogen (secondary N) is 1. The Kier molecular flexibility index (Phi) is 3.61. The van der Waals surface area contributed by atoms with Crippen LogP contribution in [0.3, 0.4) is 0 Å². The summed E-state index contributed by atoms with van der Waals surface area (Å²) in [6.07, 6.45) is 2.76. The molecular weight excluding hydrogens is 278 g/mol. The van der Waals surface area contributed by atoms with Gasteiger partial charge in [-0.05, 0) is 18.2 Å². The standard InChI is InChI=1S/C13H13N3OS2/c1-17-9-2-3-10-11(8-9)19-13(16-10)15-5-4-12-14-6-7-18-12/h2-3,6-8H,4-5H2,1H3,(H,15,16). The highest BCUT2D eigenvalue weighted by Crippen LogP contribution is 2.29. The fourth-order valence-electron chi connectivity index (χ4n) is 1.76. The molecule has 0 aliphatic carbocycles. The third-order valence-corrected chi connectivity index (χ3v) is 4.51. The second-order valence-corrected chi connectivity index (χ2v) is 5.97. The van der Waals surface area contributed by atoms with Gasteiger partial charge in [0.05, 0.1) is 22.3 Å². The monoisotopic (exact) mass is 291 g/mol. The van der Waals surface area contributed by atoms with Crippen molar-refractivity contribution in [1.82, 2.24) is 9.97 Å². The topological polar surface area (TPSA) is 47.0 Å². The molecule has 2 heterocycles. The zero-order chi connectivity index (χ0) is 13.1. The molecule has 0 saturated heterocycles. The van der Waals surface area contributed by atoms with E-state index >= 15 is 0 Å². The van der Waals surface area contributed by atoms with Gasteiger partial charge in [-0.3, -0.25) is 0 Å². The van der Waals surface area contributed by atoms with Crippen LogP contribution in [0.4, 0.5) is 5.13 Å². The molecule has 1 N–H and O–H groups in total. The molecule has 0 radical (unpaired) electrons. The lowest BCUT2D eigenvalue weighted by atomic mass is 10.3. The van der Waals surface area contributed by atoms with Gasteiger partial charge < -0.3 is 10.1 Å². The lowest BCUT2D eigenvalue weighted by Gasteiger charge is -1.98. The second-order valence-electron chi connectivity index (χ2n) is 3.96. The maximum Gasteiger partial charge on any atom is 0.183 e. The summed E-state index contributed by atoms with van der Waals surface area (Å²) in [5.41, 5.74) is 1.00. The number of rotatable bonds is 5. The van der Waals surface area contributed by atoms with E-state index in [1.54, 1.807) is 29.8 Å². The van der Waals surface area contributed by atoms with Crippen molar-refractivity contribution >= 4 is 38.0 Å². The van der Waals surface area contributed by atoms with Crippen LogP contribution >= 0.6 is 22.7 Å². The molecule has 3 aromatic rings. The van der Waals surface area contributed by atoms with Crippen molar-refractivity contribution in [3.05, 3.63) is 34.8 Å². The number of anilines is 1. The Morgan fingerprint density at radius 1 is 1.37 bits per heavy atom. The molecule has 0 bridgehead atoms. The maximum absolute atomic E-state index is 5.21. The highest BCUT2D eigenvalue weighted by Gasteiger charge is 2.05. The number of nitrogens with zero attached hydrogens (tertiary/aromatic N) is 2. The van der Waals surface area contributed by atoms with Gasteiger partial charge in [-0.1, -0.05) is 11.3 Å². The van der Waals surface area contributed by atoms with Crippen LogP contribution in [-0.4, -0.2) is 23.6 Å². The SMILES string of the molecule is COc1ccc2nc(NCCc3nccs3)sc2c1. The fraction of sp³-hybridized carbons (Fsp3) is 0.231. The molecule has 0 spiro atoms. The predicted molar refractivity (Wildman–Crippen MR) is 80.5 cm³/mol. The van der Waals surface area contributed by atoms with E-state index < -0.39 is 0 Å². The number of thiazole rings is 2. The summed E-state index contributed by atoms with van der Waals surface area (Å²) in [4.78, 5) is 8.80. The van der Waals surface area contributed by atoms with E-state index in [0.29, 0.717) is 0 Å². The average molecular weight is 291 g/mol. The van der Waals surface area contributed by atoms with Crippen LogP contribution < -0.4 is 10.1 Å². The molecule has 0 saturated carbocycles. The molecule has 0 aliphatic rings. The van der Waals surface area contributed by atoms with Gasteiger partial charge in [0.1, 0.15) is 5.75 Å². The van der Waals surface area contributed by atoms with Crippen LogP contribution in [0.2, 0.25) is 0 Å². The molecule has 98 valence electrons. The maximum atomic E-state index is 5.21. The Balaban J connectivity index is 1.67. The quantitative estimate of drug-likeness (QED) is 0.782. The molecule has 19 heavy (non-hydrogen) atoms. The highest BCUT2D eigenvalue weighted by molar-refractivity contribution is 7.22. The van der Waals surface area contributed by atoms with Crippen LogP contribution in [0.5, 0.6) is 5.75 Å². The van der Waals surface area contributed by atoms with Crippen molar-refractivity contribution in [2.45, 2.75) is 6.42 Å². The second kappa shape index (κ2) is 5.54. The molecule has 3 rings (SSSR count). The van der Waals surface area contributed by atoms with Gasteiger partial charge in [0.2, 0.25) is 0 Å². The van der Waals surface area contributed by atoms with Crippen LogP contribution in [-0.2, 0) is 6.42 Å². The molecule has 0 amide bonds. The van der Waals surface area contributed by atoms with Crippen molar-refractivity contribution in [2.24, 2.45) is 0 Å². The molecular formula is C13H13N3OS2. The number of ether oxygens (including phenoxy) is 1. The Hall–Kier alpha value is -1.66. The Morgan fingerprint density at radius 2 is 2.32 bits per heavy atom. The van der Waals surface area contributed by atoms with E-state index in [-0.39, 0.29) is 0 Å². The summed E-state index contributed by atoms with van der Waals surface area (Å²) < 4.78 is 6.35. The van der Waals surface area contributed by atoms with Gasteiger partial charge in [0.15, 0.2) is 5.13 Å². The first-order chi connectivity index (χ1) is 9.35. The van der Waals surface area contributed by atoms with E-state index in [9.17, 15) is 0 Å². The van der Waals surface area contributed by atoms with Gasteiger partial charge in [-0.2, -0.15) is 0 Å². The number of benzene rings is 1. The summed E-state index contributed by atoms with van der Waals surface area (Å²) in [5, 5.41) is 7.44. The molecule has 4 nitrogen and oxygen atoms in total. The molecule has 0 atom stereocenters. The smallest absolute Gasteiger partial charge is 0.183 e.